The first kappa shape index (κ1) is 22.7. The Labute approximate surface area is 195 Å². The van der Waals surface area contributed by atoms with Crippen molar-refractivity contribution in [2.24, 2.45) is 0 Å². The third-order valence-electron chi connectivity index (χ3n) is 6.83. The smallest absolute Gasteiger partial charge is 0.371 e. The van der Waals surface area contributed by atoms with Crippen LogP contribution < -0.4 is 10.2 Å². The summed E-state index contributed by atoms with van der Waals surface area (Å²) in [5.41, 5.74) is 2.02. The fourth-order valence-corrected chi connectivity index (χ4v) is 5.29. The van der Waals surface area contributed by atoms with Crippen LogP contribution in [0, 0.1) is 0 Å². The lowest BCUT2D eigenvalue weighted by molar-refractivity contribution is -0.169. The van der Waals surface area contributed by atoms with E-state index in [0.717, 1.165) is 74.7 Å². The lowest BCUT2D eigenvalue weighted by Crippen LogP contribution is -2.45. The van der Waals surface area contributed by atoms with E-state index in [0.29, 0.717) is 19.1 Å². The lowest BCUT2D eigenvalue weighted by Gasteiger charge is -2.39. The second-order valence-corrected chi connectivity index (χ2v) is 9.23. The number of benzene rings is 1. The number of ether oxygens (including phenoxy) is 2. The molecule has 0 radical (unpaired) electrons. The van der Waals surface area contributed by atoms with Crippen molar-refractivity contribution in [3.8, 4) is 0 Å². The predicted octanol–water partition coefficient (Wildman–Crippen LogP) is 5.89. The number of anilines is 3. The minimum Gasteiger partial charge on any atom is -0.371 e. The van der Waals surface area contributed by atoms with Crippen LogP contribution in [-0.2, 0) is 15.7 Å². The minimum atomic E-state index is -4.59. The number of hydrogen-bond acceptors (Lipinski definition) is 6. The van der Waals surface area contributed by atoms with Crippen molar-refractivity contribution >= 4 is 28.9 Å². The topological polar surface area (TPSA) is 59.5 Å². The molecule has 2 saturated heterocycles. The van der Waals surface area contributed by atoms with Crippen molar-refractivity contribution in [3.05, 3.63) is 40.7 Å². The van der Waals surface area contributed by atoms with E-state index in [1.165, 1.54) is 0 Å². The number of halogens is 4. The molecule has 5 rings (SSSR count). The van der Waals surface area contributed by atoms with Gasteiger partial charge in [0.15, 0.2) is 5.79 Å². The summed E-state index contributed by atoms with van der Waals surface area (Å²) in [6.45, 7) is 2.99. The molecule has 1 aromatic carbocycles. The average molecular weight is 483 g/mol. The van der Waals surface area contributed by atoms with Gasteiger partial charge in [0.1, 0.15) is 10.7 Å². The summed E-state index contributed by atoms with van der Waals surface area (Å²) < 4.78 is 50.6. The summed E-state index contributed by atoms with van der Waals surface area (Å²) in [6.07, 6.45) is 2.27. The van der Waals surface area contributed by atoms with Gasteiger partial charge in [0.2, 0.25) is 5.95 Å². The van der Waals surface area contributed by atoms with Gasteiger partial charge in [-0.3, -0.25) is 0 Å². The predicted molar refractivity (Wildman–Crippen MR) is 119 cm³/mol. The van der Waals surface area contributed by atoms with E-state index < -0.39 is 22.7 Å². The largest absolute Gasteiger partial charge is 0.420 e. The third kappa shape index (κ3) is 4.76. The standard InChI is InChI=1S/C23H26ClF3N4O2/c24-20-18(23(25,26)27)14-28-21(30-20)29-19-6-5-16(13-17(19)15-3-1-2-4-15)31-9-7-22(8-10-31)32-11-12-33-22/h5-6,13-15H,1-4,7-12H2,(H,28,29,30). The molecule has 10 heteroatoms. The monoisotopic (exact) mass is 482 g/mol. The molecule has 2 aliphatic heterocycles. The molecule has 3 heterocycles. The molecule has 178 valence electrons. The van der Waals surface area contributed by atoms with Gasteiger partial charge in [0.05, 0.1) is 13.2 Å². The molecule has 3 fully saturated rings. The molecule has 33 heavy (non-hydrogen) atoms. The number of aromatic nitrogens is 2. The maximum absolute atomic E-state index is 13.0. The molecule has 0 atom stereocenters. The van der Waals surface area contributed by atoms with E-state index in [4.69, 9.17) is 21.1 Å². The highest BCUT2D eigenvalue weighted by molar-refractivity contribution is 6.30. The van der Waals surface area contributed by atoms with Crippen LogP contribution in [0.25, 0.3) is 0 Å². The molecule has 1 aromatic heterocycles. The van der Waals surface area contributed by atoms with Gasteiger partial charge in [-0.1, -0.05) is 24.4 Å². The second-order valence-electron chi connectivity index (χ2n) is 8.87. The molecule has 0 amide bonds. The Morgan fingerprint density at radius 3 is 2.42 bits per heavy atom. The SMILES string of the molecule is FC(F)(F)c1cnc(Nc2ccc(N3CCC4(CC3)OCCO4)cc2C2CCCC2)nc1Cl. The Hall–Kier alpha value is -2.10. The number of nitrogens with one attached hydrogen (secondary N) is 1. The van der Waals surface area contributed by atoms with Gasteiger partial charge in [-0.2, -0.15) is 13.2 Å². The van der Waals surface area contributed by atoms with Gasteiger partial charge in [0.25, 0.3) is 0 Å². The summed E-state index contributed by atoms with van der Waals surface area (Å²) in [7, 11) is 0. The van der Waals surface area contributed by atoms with Crippen molar-refractivity contribution < 1.29 is 22.6 Å². The van der Waals surface area contributed by atoms with Gasteiger partial charge in [-0.05, 0) is 42.5 Å². The van der Waals surface area contributed by atoms with Crippen molar-refractivity contribution in [1.29, 1.82) is 0 Å². The maximum atomic E-state index is 13.0. The minimum absolute atomic E-state index is 0.0513. The normalized spacial score (nSPS) is 21.2. The first-order chi connectivity index (χ1) is 15.8. The van der Waals surface area contributed by atoms with E-state index in [-0.39, 0.29) is 5.95 Å². The molecule has 1 aliphatic carbocycles. The van der Waals surface area contributed by atoms with Crippen LogP contribution in [0.15, 0.2) is 24.4 Å². The van der Waals surface area contributed by atoms with Crippen molar-refractivity contribution in [2.75, 3.05) is 36.5 Å². The lowest BCUT2D eigenvalue weighted by atomic mass is 9.94. The highest BCUT2D eigenvalue weighted by atomic mass is 35.5. The highest BCUT2D eigenvalue weighted by Crippen LogP contribution is 2.42. The van der Waals surface area contributed by atoms with Crippen LogP contribution in [0.2, 0.25) is 5.15 Å². The molecule has 0 unspecified atom stereocenters. The molecule has 3 aliphatic rings. The number of piperidine rings is 1. The number of alkyl halides is 3. The van der Waals surface area contributed by atoms with Crippen LogP contribution in [0.3, 0.4) is 0 Å². The quantitative estimate of drug-likeness (QED) is 0.548. The number of nitrogens with zero attached hydrogens (tertiary/aromatic N) is 3. The molecule has 6 nitrogen and oxygen atoms in total. The van der Waals surface area contributed by atoms with Crippen LogP contribution in [0.5, 0.6) is 0 Å². The van der Waals surface area contributed by atoms with Crippen LogP contribution in [0.1, 0.15) is 55.6 Å². The second kappa shape index (κ2) is 8.92. The fraction of sp³-hybridized carbons (Fsp3) is 0.565. The zero-order valence-corrected chi connectivity index (χ0v) is 18.9. The molecule has 1 spiro atoms. The van der Waals surface area contributed by atoms with Gasteiger partial charge in [-0.25, -0.2) is 9.97 Å². The summed E-state index contributed by atoms with van der Waals surface area (Å²) in [6, 6.07) is 6.18. The first-order valence-corrected chi connectivity index (χ1v) is 11.7. The van der Waals surface area contributed by atoms with E-state index in [1.807, 2.05) is 12.1 Å². The van der Waals surface area contributed by atoms with Gasteiger partial charge in [-0.15, -0.1) is 0 Å². The maximum Gasteiger partial charge on any atom is 0.420 e. The summed E-state index contributed by atoms with van der Waals surface area (Å²) in [5, 5.41) is 2.49. The molecular formula is C23H26ClF3N4O2. The Morgan fingerprint density at radius 1 is 1.09 bits per heavy atom. The zero-order chi connectivity index (χ0) is 23.1. The highest BCUT2D eigenvalue weighted by Gasteiger charge is 2.40. The van der Waals surface area contributed by atoms with Crippen LogP contribution in [-0.4, -0.2) is 42.1 Å². The molecule has 1 N–H and O–H groups in total. The van der Waals surface area contributed by atoms with E-state index in [2.05, 4.69) is 26.3 Å². The number of rotatable bonds is 4. The first-order valence-electron chi connectivity index (χ1n) is 11.4. The van der Waals surface area contributed by atoms with Crippen molar-refractivity contribution in [2.45, 2.75) is 56.4 Å². The Morgan fingerprint density at radius 2 is 1.79 bits per heavy atom. The number of hydrogen-bond donors (Lipinski definition) is 1. The van der Waals surface area contributed by atoms with Crippen LogP contribution >= 0.6 is 11.6 Å². The zero-order valence-electron chi connectivity index (χ0n) is 18.1. The van der Waals surface area contributed by atoms with Crippen molar-refractivity contribution in [1.82, 2.24) is 9.97 Å². The van der Waals surface area contributed by atoms with Gasteiger partial charge >= 0.3 is 6.18 Å². The van der Waals surface area contributed by atoms with E-state index >= 15 is 0 Å². The van der Waals surface area contributed by atoms with E-state index in [1.54, 1.807) is 0 Å². The van der Waals surface area contributed by atoms with Crippen LogP contribution in [0.4, 0.5) is 30.5 Å². The third-order valence-corrected chi connectivity index (χ3v) is 7.12. The summed E-state index contributed by atoms with van der Waals surface area (Å²) in [5.74, 6) is 0.0105. The molecule has 0 bridgehead atoms. The summed E-state index contributed by atoms with van der Waals surface area (Å²) in [4.78, 5) is 10.0. The molecule has 2 aromatic rings. The van der Waals surface area contributed by atoms with Gasteiger partial charge in [0, 0.05) is 43.5 Å². The fourth-order valence-electron chi connectivity index (χ4n) is 5.06. The summed E-state index contributed by atoms with van der Waals surface area (Å²) >= 11 is 5.79. The Balaban J connectivity index is 1.38. The molecule has 1 saturated carbocycles. The average Bonchev–Trinajstić information content (AvgIpc) is 3.47. The van der Waals surface area contributed by atoms with Crippen molar-refractivity contribution in [3.63, 3.8) is 0 Å². The molecular weight excluding hydrogens is 457 g/mol. The van der Waals surface area contributed by atoms with E-state index in [9.17, 15) is 13.2 Å². The van der Waals surface area contributed by atoms with Gasteiger partial charge < -0.3 is 19.7 Å². The Bertz CT molecular complexity index is 998. The Kier molecular flexibility index (Phi) is 6.13.